The van der Waals surface area contributed by atoms with Crippen molar-refractivity contribution in [3.63, 3.8) is 0 Å². The lowest BCUT2D eigenvalue weighted by Gasteiger charge is -2.13. The molecular formula is C4H8N4. The molecule has 0 amide bonds. The molecule has 0 fully saturated rings. The van der Waals surface area contributed by atoms with Crippen molar-refractivity contribution in [3.05, 3.63) is 12.0 Å². The van der Waals surface area contributed by atoms with Crippen molar-refractivity contribution in [2.75, 3.05) is 6.54 Å². The van der Waals surface area contributed by atoms with Crippen LogP contribution in [0.2, 0.25) is 0 Å². The average molecular weight is 112 g/mol. The van der Waals surface area contributed by atoms with Crippen molar-refractivity contribution >= 4 is 6.21 Å². The lowest BCUT2D eigenvalue weighted by Crippen LogP contribution is -2.30. The first-order chi connectivity index (χ1) is 3.79. The molecule has 0 aromatic rings. The first-order valence-electron chi connectivity index (χ1n) is 2.30. The maximum atomic E-state index is 5.31. The second kappa shape index (κ2) is 1.83. The van der Waals surface area contributed by atoms with Gasteiger partial charge in [0, 0.05) is 6.21 Å². The van der Waals surface area contributed by atoms with E-state index in [1.54, 1.807) is 12.4 Å². The Kier molecular flexibility index (Phi) is 1.17. The third kappa shape index (κ3) is 0.974. The fraction of sp³-hybridized carbons (Fsp3) is 0.250. The van der Waals surface area contributed by atoms with E-state index in [2.05, 4.69) is 4.99 Å². The van der Waals surface area contributed by atoms with Crippen LogP contribution in [0.3, 0.4) is 0 Å². The normalized spacial score (nSPS) is 18.6. The highest BCUT2D eigenvalue weighted by Crippen LogP contribution is 1.91. The SMILES string of the molecule is NC1=CN(N)CC=N1. The summed E-state index contributed by atoms with van der Waals surface area (Å²) in [6, 6.07) is 0. The summed E-state index contributed by atoms with van der Waals surface area (Å²) in [6.45, 7) is 0.640. The van der Waals surface area contributed by atoms with Gasteiger partial charge in [0.15, 0.2) is 0 Å². The number of hydrogen-bond donors (Lipinski definition) is 2. The molecule has 0 saturated heterocycles. The number of nitrogens with zero attached hydrogens (tertiary/aromatic N) is 2. The zero-order valence-electron chi connectivity index (χ0n) is 4.41. The monoisotopic (exact) mass is 112 g/mol. The maximum Gasteiger partial charge on any atom is 0.140 e. The zero-order valence-corrected chi connectivity index (χ0v) is 4.41. The summed E-state index contributed by atoms with van der Waals surface area (Å²) in [7, 11) is 0. The Balaban J connectivity index is 2.63. The van der Waals surface area contributed by atoms with Crippen LogP contribution in [0.1, 0.15) is 0 Å². The topological polar surface area (TPSA) is 67.6 Å². The summed E-state index contributed by atoms with van der Waals surface area (Å²) in [5.74, 6) is 5.77. The van der Waals surface area contributed by atoms with E-state index in [-0.39, 0.29) is 0 Å². The van der Waals surface area contributed by atoms with Crippen molar-refractivity contribution in [2.45, 2.75) is 0 Å². The van der Waals surface area contributed by atoms with Gasteiger partial charge in [-0.25, -0.2) is 10.8 Å². The molecular weight excluding hydrogens is 104 g/mol. The van der Waals surface area contributed by atoms with Gasteiger partial charge in [-0.1, -0.05) is 0 Å². The molecule has 4 N–H and O–H groups in total. The number of aliphatic imine (C=N–C) groups is 1. The van der Waals surface area contributed by atoms with Gasteiger partial charge in [0.2, 0.25) is 0 Å². The summed E-state index contributed by atoms with van der Waals surface area (Å²) in [5, 5.41) is 1.47. The molecule has 0 saturated carbocycles. The summed E-state index contributed by atoms with van der Waals surface area (Å²) < 4.78 is 0. The quantitative estimate of drug-likeness (QED) is 0.395. The average Bonchev–Trinajstić information content (AvgIpc) is 1.64. The molecule has 1 aliphatic rings. The van der Waals surface area contributed by atoms with Crippen LogP contribution in [0.5, 0.6) is 0 Å². The van der Waals surface area contributed by atoms with E-state index in [0.717, 1.165) is 0 Å². The zero-order chi connectivity index (χ0) is 5.98. The van der Waals surface area contributed by atoms with E-state index in [9.17, 15) is 0 Å². The summed E-state index contributed by atoms with van der Waals surface area (Å²) in [4.78, 5) is 3.77. The van der Waals surface area contributed by atoms with Crippen molar-refractivity contribution in [2.24, 2.45) is 16.6 Å². The third-order valence-electron chi connectivity index (χ3n) is 0.831. The van der Waals surface area contributed by atoms with Gasteiger partial charge < -0.3 is 10.7 Å². The lowest BCUT2D eigenvalue weighted by molar-refractivity contribution is 0.443. The minimum atomic E-state index is 0.457. The third-order valence-corrected chi connectivity index (χ3v) is 0.831. The first kappa shape index (κ1) is 5.11. The molecule has 0 aromatic heterocycles. The summed E-state index contributed by atoms with van der Waals surface area (Å²) in [6.07, 6.45) is 3.25. The minimum absolute atomic E-state index is 0.457. The van der Waals surface area contributed by atoms with Gasteiger partial charge in [0.1, 0.15) is 5.82 Å². The van der Waals surface area contributed by atoms with Crippen LogP contribution in [0, 0.1) is 0 Å². The first-order valence-corrected chi connectivity index (χ1v) is 2.30. The Hall–Kier alpha value is -1.03. The molecule has 0 aromatic carbocycles. The number of hydrazine groups is 1. The molecule has 8 heavy (non-hydrogen) atoms. The Morgan fingerprint density at radius 1 is 1.75 bits per heavy atom. The second-order valence-electron chi connectivity index (χ2n) is 1.56. The van der Waals surface area contributed by atoms with Gasteiger partial charge in [-0.2, -0.15) is 0 Å². The largest absolute Gasteiger partial charge is 0.382 e. The van der Waals surface area contributed by atoms with Gasteiger partial charge in [-0.05, 0) is 0 Å². The Bertz CT molecular complexity index is 137. The Morgan fingerprint density at radius 3 is 2.88 bits per heavy atom. The molecule has 0 bridgehead atoms. The molecule has 0 atom stereocenters. The number of rotatable bonds is 0. The summed E-state index contributed by atoms with van der Waals surface area (Å²) in [5.41, 5.74) is 5.27. The van der Waals surface area contributed by atoms with Gasteiger partial charge in [0.05, 0.1) is 12.7 Å². The van der Waals surface area contributed by atoms with Crippen molar-refractivity contribution in [3.8, 4) is 0 Å². The number of hydrogen-bond acceptors (Lipinski definition) is 4. The molecule has 4 heteroatoms. The van der Waals surface area contributed by atoms with Crippen LogP contribution < -0.4 is 11.6 Å². The molecule has 0 aliphatic carbocycles. The van der Waals surface area contributed by atoms with Crippen molar-refractivity contribution in [1.82, 2.24) is 5.01 Å². The van der Waals surface area contributed by atoms with E-state index in [4.69, 9.17) is 11.6 Å². The maximum absolute atomic E-state index is 5.31. The molecule has 44 valence electrons. The fourth-order valence-electron chi connectivity index (χ4n) is 0.496. The van der Waals surface area contributed by atoms with E-state index in [0.29, 0.717) is 12.4 Å². The van der Waals surface area contributed by atoms with Crippen molar-refractivity contribution < 1.29 is 0 Å². The standard InChI is InChI=1S/C4H8N4/c5-4-3-8(6)2-1-7-4/h1,3H,2,5-6H2. The summed E-state index contributed by atoms with van der Waals surface area (Å²) >= 11 is 0. The van der Waals surface area contributed by atoms with Gasteiger partial charge >= 0.3 is 0 Å². The minimum Gasteiger partial charge on any atom is -0.382 e. The fourth-order valence-corrected chi connectivity index (χ4v) is 0.496. The highest BCUT2D eigenvalue weighted by Gasteiger charge is 1.95. The Labute approximate surface area is 47.4 Å². The molecule has 1 rings (SSSR count). The van der Waals surface area contributed by atoms with Crippen LogP contribution in [0.15, 0.2) is 17.0 Å². The van der Waals surface area contributed by atoms with Crippen LogP contribution in [-0.2, 0) is 0 Å². The molecule has 0 spiro atoms. The predicted molar refractivity (Wildman–Crippen MR) is 31.7 cm³/mol. The highest BCUT2D eigenvalue weighted by atomic mass is 15.4. The molecule has 0 unspecified atom stereocenters. The van der Waals surface area contributed by atoms with Gasteiger partial charge in [-0.3, -0.25) is 0 Å². The van der Waals surface area contributed by atoms with E-state index in [1.807, 2.05) is 0 Å². The van der Waals surface area contributed by atoms with E-state index < -0.39 is 0 Å². The van der Waals surface area contributed by atoms with E-state index in [1.165, 1.54) is 5.01 Å². The van der Waals surface area contributed by atoms with Crippen LogP contribution in [0.4, 0.5) is 0 Å². The molecule has 1 heterocycles. The van der Waals surface area contributed by atoms with Gasteiger partial charge in [-0.15, -0.1) is 0 Å². The van der Waals surface area contributed by atoms with Crippen molar-refractivity contribution in [1.29, 1.82) is 0 Å². The highest BCUT2D eigenvalue weighted by molar-refractivity contribution is 5.62. The van der Waals surface area contributed by atoms with E-state index >= 15 is 0 Å². The lowest BCUT2D eigenvalue weighted by atomic mass is 10.6. The Morgan fingerprint density at radius 2 is 2.50 bits per heavy atom. The van der Waals surface area contributed by atoms with Crippen LogP contribution in [-0.4, -0.2) is 17.8 Å². The van der Waals surface area contributed by atoms with Gasteiger partial charge in [0.25, 0.3) is 0 Å². The molecule has 4 nitrogen and oxygen atoms in total. The molecule has 0 radical (unpaired) electrons. The number of nitrogens with two attached hydrogens (primary N) is 2. The predicted octanol–water partition coefficient (Wildman–Crippen LogP) is -0.996. The second-order valence-corrected chi connectivity index (χ2v) is 1.56. The van der Waals surface area contributed by atoms with Crippen LogP contribution >= 0.6 is 0 Å². The smallest absolute Gasteiger partial charge is 0.140 e. The molecule has 1 aliphatic heterocycles. The van der Waals surface area contributed by atoms with Crippen LogP contribution in [0.25, 0.3) is 0 Å².